The molecule has 0 aromatic carbocycles. The molecule has 0 bridgehead atoms. The van der Waals surface area contributed by atoms with Crippen molar-refractivity contribution in [3.05, 3.63) is 13.2 Å². The van der Waals surface area contributed by atoms with Gasteiger partial charge in [0.05, 0.1) is 0 Å². The van der Waals surface area contributed by atoms with E-state index in [2.05, 4.69) is 33.9 Å². The van der Waals surface area contributed by atoms with Crippen molar-refractivity contribution >= 4 is 0 Å². The van der Waals surface area contributed by atoms with Gasteiger partial charge in [0.1, 0.15) is 0 Å². The van der Waals surface area contributed by atoms with Gasteiger partial charge in [-0.1, -0.05) is 27.2 Å². The molecule has 0 saturated carbocycles. The van der Waals surface area contributed by atoms with Crippen LogP contribution in [-0.2, 0) is 0 Å². The highest BCUT2D eigenvalue weighted by Crippen LogP contribution is 1.93. The first-order valence-electron chi connectivity index (χ1n) is 2.77. The van der Waals surface area contributed by atoms with E-state index in [1.54, 1.807) is 0 Å². The molecular weight excluding hydrogens is 84.1 g/mol. The van der Waals surface area contributed by atoms with Gasteiger partial charge in [-0.25, -0.2) is 0 Å². The van der Waals surface area contributed by atoms with Gasteiger partial charge in [-0.15, -0.1) is 13.2 Å². The predicted octanol–water partition coefficient (Wildman–Crippen LogP) is 2.85. The Balaban J connectivity index is 0. The average Bonchev–Trinajstić information content (AvgIpc) is 1.73. The summed E-state index contributed by atoms with van der Waals surface area (Å²) in [5.74, 6) is 0.884. The van der Waals surface area contributed by atoms with Crippen LogP contribution in [0.4, 0.5) is 0 Å². The second kappa shape index (κ2) is 9.22. The molecule has 0 fully saturated rings. The molecule has 7 heavy (non-hydrogen) atoms. The fraction of sp³-hybridized carbons (Fsp3) is 0.714. The summed E-state index contributed by atoms with van der Waals surface area (Å²) in [5, 5.41) is 0. The van der Waals surface area contributed by atoms with Gasteiger partial charge >= 0.3 is 0 Å². The average molecular weight is 100 g/mol. The van der Waals surface area contributed by atoms with Crippen LogP contribution in [0.3, 0.4) is 0 Å². The van der Waals surface area contributed by atoms with Crippen LogP contribution in [0, 0.1) is 5.92 Å². The molecule has 0 nitrogen and oxygen atoms in total. The summed E-state index contributed by atoms with van der Waals surface area (Å²) in [6, 6.07) is 0. The molecule has 0 heterocycles. The Kier molecular flexibility index (Phi) is 13.0. The van der Waals surface area contributed by atoms with E-state index in [4.69, 9.17) is 0 Å². The molecule has 0 aromatic rings. The number of hydrogen-bond donors (Lipinski definition) is 0. The SMILES string of the molecule is C=C.CCC(C)C. The van der Waals surface area contributed by atoms with Crippen LogP contribution >= 0.6 is 0 Å². The van der Waals surface area contributed by atoms with Crippen molar-refractivity contribution in [1.29, 1.82) is 0 Å². The predicted molar refractivity (Wildman–Crippen MR) is 36.4 cm³/mol. The molecule has 0 heteroatoms. The standard InChI is InChI=1S/C5H12.C2H4/c1-4-5(2)3;1-2/h5H,4H2,1-3H3;1-2H2. The zero-order chi connectivity index (χ0) is 6.28. The molecule has 0 rings (SSSR count). The molecular formula is C7H16. The van der Waals surface area contributed by atoms with Crippen molar-refractivity contribution in [2.75, 3.05) is 0 Å². The summed E-state index contributed by atoms with van der Waals surface area (Å²) in [7, 11) is 0. The fourth-order valence-electron chi connectivity index (χ4n) is 0. The minimum atomic E-state index is 0.884. The van der Waals surface area contributed by atoms with Gasteiger partial charge in [-0.3, -0.25) is 0 Å². The maximum Gasteiger partial charge on any atom is -0.0474 e. The van der Waals surface area contributed by atoms with Gasteiger partial charge in [0.15, 0.2) is 0 Å². The molecule has 0 atom stereocenters. The lowest BCUT2D eigenvalue weighted by atomic mass is 10.2. The lowest BCUT2D eigenvalue weighted by Crippen LogP contribution is -1.77. The Labute approximate surface area is 47.2 Å². The third-order valence-corrected chi connectivity index (χ3v) is 0.816. The van der Waals surface area contributed by atoms with Crippen molar-refractivity contribution in [1.82, 2.24) is 0 Å². The Morgan fingerprint density at radius 1 is 1.29 bits per heavy atom. The van der Waals surface area contributed by atoms with Gasteiger partial charge in [-0.05, 0) is 5.92 Å². The number of hydrogen-bond acceptors (Lipinski definition) is 0. The maximum absolute atomic E-state index is 3.00. The molecule has 44 valence electrons. The van der Waals surface area contributed by atoms with Gasteiger partial charge in [0.25, 0.3) is 0 Å². The molecule has 0 amide bonds. The summed E-state index contributed by atoms with van der Waals surface area (Å²) < 4.78 is 0. The Morgan fingerprint density at radius 3 is 1.43 bits per heavy atom. The van der Waals surface area contributed by atoms with Crippen LogP contribution in [0.2, 0.25) is 0 Å². The quantitative estimate of drug-likeness (QED) is 0.444. The van der Waals surface area contributed by atoms with E-state index >= 15 is 0 Å². The second-order valence-electron chi connectivity index (χ2n) is 1.80. The summed E-state index contributed by atoms with van der Waals surface area (Å²) in [5.41, 5.74) is 0. The minimum absolute atomic E-state index is 0.884. The smallest absolute Gasteiger partial charge is 0.0474 e. The van der Waals surface area contributed by atoms with Gasteiger partial charge in [0, 0.05) is 0 Å². The lowest BCUT2D eigenvalue weighted by Gasteiger charge is -1.90. The van der Waals surface area contributed by atoms with Crippen LogP contribution in [0.5, 0.6) is 0 Å². The molecule has 0 aliphatic heterocycles. The summed E-state index contributed by atoms with van der Waals surface area (Å²) in [6.45, 7) is 12.6. The lowest BCUT2D eigenvalue weighted by molar-refractivity contribution is 0.626. The largest absolute Gasteiger partial charge is 0.106 e. The van der Waals surface area contributed by atoms with Crippen molar-refractivity contribution in [2.45, 2.75) is 27.2 Å². The molecule has 0 unspecified atom stereocenters. The first kappa shape index (κ1) is 9.88. The highest BCUT2D eigenvalue weighted by molar-refractivity contribution is 4.32. The van der Waals surface area contributed by atoms with Crippen LogP contribution in [0.15, 0.2) is 13.2 Å². The van der Waals surface area contributed by atoms with E-state index in [1.165, 1.54) is 6.42 Å². The molecule has 0 radical (unpaired) electrons. The van der Waals surface area contributed by atoms with E-state index in [0.717, 1.165) is 5.92 Å². The first-order valence-corrected chi connectivity index (χ1v) is 2.77. The first-order chi connectivity index (χ1) is 3.27. The number of rotatable bonds is 1. The summed E-state index contributed by atoms with van der Waals surface area (Å²) in [6.07, 6.45) is 1.31. The van der Waals surface area contributed by atoms with Crippen LogP contribution in [-0.4, -0.2) is 0 Å². The third-order valence-electron chi connectivity index (χ3n) is 0.816. The van der Waals surface area contributed by atoms with Crippen molar-refractivity contribution < 1.29 is 0 Å². The minimum Gasteiger partial charge on any atom is -0.106 e. The highest BCUT2D eigenvalue weighted by Gasteiger charge is 1.80. The molecule has 0 saturated heterocycles. The maximum atomic E-state index is 3.00. The fourth-order valence-corrected chi connectivity index (χ4v) is 0. The Bertz CT molecular complexity index is 21.2. The van der Waals surface area contributed by atoms with Gasteiger partial charge in [-0.2, -0.15) is 0 Å². The van der Waals surface area contributed by atoms with Gasteiger partial charge in [0.2, 0.25) is 0 Å². The van der Waals surface area contributed by atoms with E-state index in [-0.39, 0.29) is 0 Å². The van der Waals surface area contributed by atoms with Crippen molar-refractivity contribution in [3.63, 3.8) is 0 Å². The summed E-state index contributed by atoms with van der Waals surface area (Å²) >= 11 is 0. The molecule has 0 N–H and O–H groups in total. The molecule has 0 spiro atoms. The topological polar surface area (TPSA) is 0 Å². The highest BCUT2D eigenvalue weighted by atomic mass is 13.9. The zero-order valence-electron chi connectivity index (χ0n) is 5.70. The monoisotopic (exact) mass is 100 g/mol. The second-order valence-corrected chi connectivity index (χ2v) is 1.80. The Morgan fingerprint density at radius 2 is 1.43 bits per heavy atom. The van der Waals surface area contributed by atoms with E-state index in [1.807, 2.05) is 0 Å². The van der Waals surface area contributed by atoms with Crippen LogP contribution < -0.4 is 0 Å². The van der Waals surface area contributed by atoms with E-state index < -0.39 is 0 Å². The normalized spacial score (nSPS) is 7.43. The third kappa shape index (κ3) is 26.5. The molecule has 0 aliphatic rings. The van der Waals surface area contributed by atoms with Crippen LogP contribution in [0.25, 0.3) is 0 Å². The van der Waals surface area contributed by atoms with Crippen molar-refractivity contribution in [2.24, 2.45) is 5.92 Å². The van der Waals surface area contributed by atoms with Crippen molar-refractivity contribution in [3.8, 4) is 0 Å². The summed E-state index contributed by atoms with van der Waals surface area (Å²) in [4.78, 5) is 0. The van der Waals surface area contributed by atoms with Crippen LogP contribution in [0.1, 0.15) is 27.2 Å². The van der Waals surface area contributed by atoms with E-state index in [0.29, 0.717) is 0 Å². The molecule has 0 aromatic heterocycles. The molecule has 0 aliphatic carbocycles. The Hall–Kier alpha value is -0.260. The zero-order valence-corrected chi connectivity index (χ0v) is 5.70. The van der Waals surface area contributed by atoms with E-state index in [9.17, 15) is 0 Å². The van der Waals surface area contributed by atoms with Gasteiger partial charge < -0.3 is 0 Å².